The van der Waals surface area contributed by atoms with Gasteiger partial charge >= 0.3 is 5.97 Å². The van der Waals surface area contributed by atoms with Gasteiger partial charge in [0.15, 0.2) is 0 Å². The minimum absolute atomic E-state index is 0.115. The van der Waals surface area contributed by atoms with Crippen LogP contribution in [0.15, 0.2) is 84.9 Å². The van der Waals surface area contributed by atoms with Gasteiger partial charge < -0.3 is 9.64 Å². The summed E-state index contributed by atoms with van der Waals surface area (Å²) in [5, 5.41) is 0. The first-order valence-electron chi connectivity index (χ1n) is 11.9. The molecule has 1 heterocycles. The molecular formula is C29H28N2O5. The second-order valence-corrected chi connectivity index (χ2v) is 8.60. The smallest absolute Gasteiger partial charge is 0.338 e. The third kappa shape index (κ3) is 5.20. The molecule has 3 aromatic rings. The standard InChI is InChI=1S/C29H28N2O5/c1-3-36-29(35)23-14-16-24(17-15-23)31-27(33)19-25(28(31)34)30(20(2)22-12-8-5-9-13-22)26(32)18-21-10-6-4-7-11-21/h4-17,20,25H,3,18-19H2,1-2H3. The van der Waals surface area contributed by atoms with Gasteiger partial charge in [-0.05, 0) is 49.2 Å². The summed E-state index contributed by atoms with van der Waals surface area (Å²) in [6, 6.07) is 23.5. The molecule has 1 fully saturated rings. The topological polar surface area (TPSA) is 84.0 Å². The molecule has 2 unspecified atom stereocenters. The molecule has 36 heavy (non-hydrogen) atoms. The van der Waals surface area contributed by atoms with Crippen molar-refractivity contribution in [1.82, 2.24) is 4.90 Å². The highest BCUT2D eigenvalue weighted by atomic mass is 16.5. The number of amides is 3. The largest absolute Gasteiger partial charge is 0.462 e. The van der Waals surface area contributed by atoms with E-state index in [2.05, 4.69) is 0 Å². The molecule has 3 aromatic carbocycles. The molecule has 3 amide bonds. The zero-order chi connectivity index (χ0) is 25.7. The van der Waals surface area contributed by atoms with Gasteiger partial charge in [0, 0.05) is 0 Å². The highest BCUT2D eigenvalue weighted by Gasteiger charge is 2.46. The van der Waals surface area contributed by atoms with Crippen molar-refractivity contribution in [3.8, 4) is 0 Å². The van der Waals surface area contributed by atoms with Crippen LogP contribution in [0.2, 0.25) is 0 Å². The molecule has 1 saturated heterocycles. The van der Waals surface area contributed by atoms with Gasteiger partial charge in [0.25, 0.3) is 5.91 Å². The van der Waals surface area contributed by atoms with Crippen LogP contribution < -0.4 is 4.90 Å². The first-order chi connectivity index (χ1) is 17.4. The summed E-state index contributed by atoms with van der Waals surface area (Å²) in [4.78, 5) is 54.8. The molecular weight excluding hydrogens is 456 g/mol. The predicted octanol–water partition coefficient (Wildman–Crippen LogP) is 4.33. The lowest BCUT2D eigenvalue weighted by molar-refractivity contribution is -0.140. The molecule has 0 bridgehead atoms. The number of hydrogen-bond acceptors (Lipinski definition) is 5. The molecule has 0 saturated carbocycles. The summed E-state index contributed by atoms with van der Waals surface area (Å²) in [7, 11) is 0. The number of rotatable bonds is 8. The number of hydrogen-bond donors (Lipinski definition) is 0. The number of nitrogens with zero attached hydrogens (tertiary/aromatic N) is 2. The lowest BCUT2D eigenvalue weighted by Gasteiger charge is -2.34. The lowest BCUT2D eigenvalue weighted by Crippen LogP contribution is -2.47. The normalized spacial score (nSPS) is 16.1. The van der Waals surface area contributed by atoms with Gasteiger partial charge in [0.1, 0.15) is 6.04 Å². The quantitative estimate of drug-likeness (QED) is 0.351. The maximum Gasteiger partial charge on any atom is 0.338 e. The molecule has 0 radical (unpaired) electrons. The lowest BCUT2D eigenvalue weighted by atomic mass is 10.0. The van der Waals surface area contributed by atoms with Crippen molar-refractivity contribution in [2.24, 2.45) is 0 Å². The van der Waals surface area contributed by atoms with Crippen molar-refractivity contribution in [3.63, 3.8) is 0 Å². The van der Waals surface area contributed by atoms with E-state index in [0.717, 1.165) is 16.0 Å². The second-order valence-electron chi connectivity index (χ2n) is 8.60. The average molecular weight is 485 g/mol. The van der Waals surface area contributed by atoms with Crippen LogP contribution in [-0.4, -0.2) is 41.2 Å². The monoisotopic (exact) mass is 484 g/mol. The molecule has 7 heteroatoms. The van der Waals surface area contributed by atoms with Crippen molar-refractivity contribution in [2.75, 3.05) is 11.5 Å². The van der Waals surface area contributed by atoms with Crippen LogP contribution in [0.3, 0.4) is 0 Å². The van der Waals surface area contributed by atoms with E-state index in [1.807, 2.05) is 67.6 Å². The minimum Gasteiger partial charge on any atom is -0.462 e. The van der Waals surface area contributed by atoms with Crippen LogP contribution in [0.1, 0.15) is 47.8 Å². The van der Waals surface area contributed by atoms with Crippen molar-refractivity contribution < 1.29 is 23.9 Å². The molecule has 7 nitrogen and oxygen atoms in total. The van der Waals surface area contributed by atoms with Crippen molar-refractivity contribution in [2.45, 2.75) is 38.8 Å². The Morgan fingerprint density at radius 1 is 0.944 bits per heavy atom. The fourth-order valence-electron chi connectivity index (χ4n) is 4.48. The van der Waals surface area contributed by atoms with Crippen LogP contribution in [0.4, 0.5) is 5.69 Å². The minimum atomic E-state index is -0.936. The van der Waals surface area contributed by atoms with Gasteiger partial charge in [0.05, 0.1) is 36.7 Å². The maximum absolute atomic E-state index is 13.6. The van der Waals surface area contributed by atoms with Crippen molar-refractivity contribution >= 4 is 29.4 Å². The molecule has 184 valence electrons. The van der Waals surface area contributed by atoms with E-state index < -0.39 is 29.9 Å². The van der Waals surface area contributed by atoms with Gasteiger partial charge in [-0.3, -0.25) is 14.4 Å². The van der Waals surface area contributed by atoms with Crippen LogP contribution in [0, 0.1) is 0 Å². The highest BCUT2D eigenvalue weighted by Crippen LogP contribution is 2.32. The Labute approximate surface area is 210 Å². The summed E-state index contributed by atoms with van der Waals surface area (Å²) in [6.07, 6.45) is 0.000383. The SMILES string of the molecule is CCOC(=O)c1ccc(N2C(=O)CC(N(C(=O)Cc3ccccc3)C(C)c3ccccc3)C2=O)cc1. The zero-order valence-electron chi connectivity index (χ0n) is 20.3. The van der Waals surface area contributed by atoms with Crippen LogP contribution >= 0.6 is 0 Å². The Hall–Kier alpha value is -4.26. The Kier molecular flexibility index (Phi) is 7.59. The van der Waals surface area contributed by atoms with Crippen LogP contribution in [0.25, 0.3) is 0 Å². The number of carbonyl (C=O) groups is 4. The van der Waals surface area contributed by atoms with E-state index in [4.69, 9.17) is 4.74 Å². The van der Waals surface area contributed by atoms with E-state index in [9.17, 15) is 19.2 Å². The van der Waals surface area contributed by atoms with E-state index in [1.54, 1.807) is 19.1 Å². The molecule has 0 N–H and O–H groups in total. The fourth-order valence-corrected chi connectivity index (χ4v) is 4.48. The number of esters is 1. The van der Waals surface area contributed by atoms with E-state index in [1.165, 1.54) is 17.0 Å². The number of ether oxygens (including phenoxy) is 1. The van der Waals surface area contributed by atoms with Gasteiger partial charge in [-0.25, -0.2) is 9.69 Å². The van der Waals surface area contributed by atoms with Gasteiger partial charge in [0.2, 0.25) is 11.8 Å². The first kappa shape index (κ1) is 24.9. The Balaban J connectivity index is 1.63. The van der Waals surface area contributed by atoms with Gasteiger partial charge in [-0.1, -0.05) is 60.7 Å². The van der Waals surface area contributed by atoms with E-state index >= 15 is 0 Å². The van der Waals surface area contributed by atoms with E-state index in [0.29, 0.717) is 11.3 Å². The van der Waals surface area contributed by atoms with E-state index in [-0.39, 0.29) is 25.4 Å². The molecule has 4 rings (SSSR count). The second kappa shape index (κ2) is 11.0. The maximum atomic E-state index is 13.6. The molecule has 1 aliphatic heterocycles. The van der Waals surface area contributed by atoms with Crippen molar-refractivity contribution in [1.29, 1.82) is 0 Å². The fraction of sp³-hybridized carbons (Fsp3) is 0.241. The third-order valence-corrected chi connectivity index (χ3v) is 6.28. The van der Waals surface area contributed by atoms with Gasteiger partial charge in [-0.15, -0.1) is 0 Å². The van der Waals surface area contributed by atoms with Crippen molar-refractivity contribution in [3.05, 3.63) is 102 Å². The summed E-state index contributed by atoms with van der Waals surface area (Å²) in [5.74, 6) is -1.57. The van der Waals surface area contributed by atoms with Crippen LogP contribution in [0.5, 0.6) is 0 Å². The third-order valence-electron chi connectivity index (χ3n) is 6.28. The Morgan fingerprint density at radius 3 is 2.17 bits per heavy atom. The first-order valence-corrected chi connectivity index (χ1v) is 11.9. The molecule has 1 aliphatic rings. The molecule has 0 aliphatic carbocycles. The zero-order valence-corrected chi connectivity index (χ0v) is 20.3. The summed E-state index contributed by atoms with van der Waals surface area (Å²) in [6.45, 7) is 3.83. The predicted molar refractivity (Wildman–Crippen MR) is 135 cm³/mol. The number of carbonyl (C=O) groups excluding carboxylic acids is 4. The summed E-state index contributed by atoms with van der Waals surface area (Å²) < 4.78 is 5.00. The van der Waals surface area contributed by atoms with Crippen LogP contribution in [-0.2, 0) is 25.5 Å². The number of anilines is 1. The summed E-state index contributed by atoms with van der Waals surface area (Å²) in [5.41, 5.74) is 2.38. The number of imide groups is 1. The summed E-state index contributed by atoms with van der Waals surface area (Å²) >= 11 is 0. The molecule has 0 spiro atoms. The Bertz CT molecular complexity index is 1240. The Morgan fingerprint density at radius 2 is 1.56 bits per heavy atom. The average Bonchev–Trinajstić information content (AvgIpc) is 3.18. The highest BCUT2D eigenvalue weighted by molar-refractivity contribution is 6.23. The molecule has 2 atom stereocenters. The molecule has 0 aromatic heterocycles. The van der Waals surface area contributed by atoms with Gasteiger partial charge in [-0.2, -0.15) is 0 Å². The number of benzene rings is 3.